The molecule has 1 heterocycles. The Morgan fingerprint density at radius 2 is 1.61 bits per heavy atom. The van der Waals surface area contributed by atoms with E-state index < -0.39 is 5.60 Å². The number of carbonyl (C=O) groups is 2. The van der Waals surface area contributed by atoms with Crippen LogP contribution in [0.5, 0.6) is 5.75 Å². The van der Waals surface area contributed by atoms with E-state index in [2.05, 4.69) is 15.5 Å². The van der Waals surface area contributed by atoms with Gasteiger partial charge in [0.25, 0.3) is 5.91 Å². The van der Waals surface area contributed by atoms with Gasteiger partial charge in [-0.3, -0.25) is 14.7 Å². The second kappa shape index (κ2) is 8.24. The molecule has 4 aromatic rings. The van der Waals surface area contributed by atoms with Gasteiger partial charge in [0.1, 0.15) is 5.75 Å². The van der Waals surface area contributed by atoms with Crippen LogP contribution in [-0.4, -0.2) is 27.5 Å². The van der Waals surface area contributed by atoms with Crippen molar-refractivity contribution in [2.24, 2.45) is 0 Å². The zero-order chi connectivity index (χ0) is 22.0. The molecule has 3 aromatic carbocycles. The Labute approximate surface area is 184 Å². The van der Waals surface area contributed by atoms with Crippen molar-refractivity contribution in [2.75, 3.05) is 5.32 Å². The number of ether oxygens (including phenoxy) is 1. The molecule has 1 aromatic heterocycles. The third-order valence-corrected chi connectivity index (χ3v) is 5.13. The van der Waals surface area contributed by atoms with Crippen LogP contribution in [-0.2, 0) is 4.79 Å². The molecular formula is C24H20ClN3O3. The molecule has 2 N–H and O–H groups in total. The van der Waals surface area contributed by atoms with Gasteiger partial charge in [0.05, 0.1) is 17.4 Å². The van der Waals surface area contributed by atoms with Gasteiger partial charge >= 0.3 is 0 Å². The number of halogens is 1. The Morgan fingerprint density at radius 3 is 2.29 bits per heavy atom. The summed E-state index contributed by atoms with van der Waals surface area (Å²) in [5.74, 6) is 0.0604. The highest BCUT2D eigenvalue weighted by atomic mass is 35.5. The predicted molar refractivity (Wildman–Crippen MR) is 121 cm³/mol. The van der Waals surface area contributed by atoms with Gasteiger partial charge in [-0.2, -0.15) is 5.10 Å². The molecule has 0 aliphatic heterocycles. The molecule has 0 radical (unpaired) electrons. The number of H-pyrrole nitrogens is 1. The van der Waals surface area contributed by atoms with Crippen LogP contribution in [0.15, 0.2) is 72.9 Å². The molecule has 156 valence electrons. The minimum atomic E-state index is -1.15. The van der Waals surface area contributed by atoms with E-state index in [1.807, 2.05) is 18.2 Å². The Hall–Kier alpha value is -3.64. The van der Waals surface area contributed by atoms with Crippen LogP contribution < -0.4 is 10.1 Å². The summed E-state index contributed by atoms with van der Waals surface area (Å²) in [6.07, 6.45) is 1.66. The van der Waals surface area contributed by atoms with Crippen molar-refractivity contribution in [1.82, 2.24) is 10.2 Å². The first kappa shape index (κ1) is 20.6. The van der Waals surface area contributed by atoms with Crippen LogP contribution in [0.2, 0.25) is 5.02 Å². The second-order valence-corrected chi connectivity index (χ2v) is 8.00. The third kappa shape index (κ3) is 4.44. The maximum atomic E-state index is 12.9. The molecule has 1 amide bonds. The Balaban J connectivity index is 1.46. The Morgan fingerprint density at radius 1 is 0.968 bits per heavy atom. The van der Waals surface area contributed by atoms with Crippen LogP contribution in [0.3, 0.4) is 0 Å². The average molecular weight is 434 g/mol. The van der Waals surface area contributed by atoms with E-state index >= 15 is 0 Å². The van der Waals surface area contributed by atoms with E-state index in [-0.39, 0.29) is 11.7 Å². The minimum absolute atomic E-state index is 0.117. The van der Waals surface area contributed by atoms with E-state index in [4.69, 9.17) is 16.3 Å². The molecule has 6 nitrogen and oxygen atoms in total. The quantitative estimate of drug-likeness (QED) is 0.407. The van der Waals surface area contributed by atoms with Crippen molar-refractivity contribution in [3.8, 4) is 5.75 Å². The SMILES string of the molecule is CC(C)(Oc1ccc(C(=O)c2ccc(Cl)cc2)cc1)C(=O)Nc1cccc2[nH]ncc12. The van der Waals surface area contributed by atoms with Crippen molar-refractivity contribution in [3.63, 3.8) is 0 Å². The molecule has 0 aliphatic rings. The highest BCUT2D eigenvalue weighted by Gasteiger charge is 2.30. The monoisotopic (exact) mass is 433 g/mol. The maximum absolute atomic E-state index is 12.9. The summed E-state index contributed by atoms with van der Waals surface area (Å²) in [5.41, 5.74) is 1.40. The van der Waals surface area contributed by atoms with E-state index in [0.29, 0.717) is 27.6 Å². The molecule has 0 atom stereocenters. The molecular weight excluding hydrogens is 414 g/mol. The predicted octanol–water partition coefficient (Wildman–Crippen LogP) is 5.24. The van der Waals surface area contributed by atoms with E-state index in [1.54, 1.807) is 68.6 Å². The zero-order valence-electron chi connectivity index (χ0n) is 17.0. The van der Waals surface area contributed by atoms with Gasteiger partial charge in [-0.15, -0.1) is 0 Å². The lowest BCUT2D eigenvalue weighted by Crippen LogP contribution is -2.42. The number of nitrogens with zero attached hydrogens (tertiary/aromatic N) is 1. The van der Waals surface area contributed by atoms with Crippen molar-refractivity contribution >= 4 is 39.9 Å². The van der Waals surface area contributed by atoms with Gasteiger partial charge in [-0.1, -0.05) is 17.7 Å². The van der Waals surface area contributed by atoms with E-state index in [1.165, 1.54) is 0 Å². The number of ketones is 1. The normalized spacial score (nSPS) is 11.3. The number of carbonyl (C=O) groups excluding carboxylic acids is 2. The fraction of sp³-hybridized carbons (Fsp3) is 0.125. The molecule has 0 saturated carbocycles. The summed E-state index contributed by atoms with van der Waals surface area (Å²) in [5, 5.41) is 11.2. The molecule has 0 aliphatic carbocycles. The smallest absolute Gasteiger partial charge is 0.267 e. The topological polar surface area (TPSA) is 84.1 Å². The van der Waals surface area contributed by atoms with Crippen LogP contribution in [0.25, 0.3) is 10.9 Å². The summed E-state index contributed by atoms with van der Waals surface area (Å²) in [7, 11) is 0. The van der Waals surface area contributed by atoms with Gasteiger partial charge in [0.2, 0.25) is 0 Å². The lowest BCUT2D eigenvalue weighted by molar-refractivity contribution is -0.128. The molecule has 31 heavy (non-hydrogen) atoms. The van der Waals surface area contributed by atoms with Crippen molar-refractivity contribution in [3.05, 3.63) is 89.1 Å². The first-order valence-electron chi connectivity index (χ1n) is 9.66. The highest BCUT2D eigenvalue weighted by Crippen LogP contribution is 2.25. The van der Waals surface area contributed by atoms with Gasteiger partial charge in [0.15, 0.2) is 11.4 Å². The number of hydrogen-bond acceptors (Lipinski definition) is 4. The Kier molecular flexibility index (Phi) is 5.48. The first-order valence-corrected chi connectivity index (χ1v) is 10.0. The summed E-state index contributed by atoms with van der Waals surface area (Å²) in [6, 6.07) is 18.9. The standard InChI is InChI=1S/C24H20ClN3O3/c1-24(2,23(30)27-20-4-3-5-21-19(20)14-26-28-21)31-18-12-8-16(9-13-18)22(29)15-6-10-17(25)11-7-15/h3-14H,1-2H3,(H,26,28)(H,27,30). The van der Waals surface area contributed by atoms with Crippen LogP contribution >= 0.6 is 11.6 Å². The largest absolute Gasteiger partial charge is 0.478 e. The lowest BCUT2D eigenvalue weighted by Gasteiger charge is -2.25. The molecule has 0 bridgehead atoms. The van der Waals surface area contributed by atoms with Crippen LogP contribution in [0.4, 0.5) is 5.69 Å². The highest BCUT2D eigenvalue weighted by molar-refractivity contribution is 6.30. The Bertz CT molecular complexity index is 1250. The lowest BCUT2D eigenvalue weighted by atomic mass is 10.0. The zero-order valence-corrected chi connectivity index (χ0v) is 17.7. The molecule has 0 spiro atoms. The van der Waals surface area contributed by atoms with Gasteiger partial charge < -0.3 is 10.1 Å². The van der Waals surface area contributed by atoms with Crippen molar-refractivity contribution in [2.45, 2.75) is 19.4 Å². The molecule has 0 saturated heterocycles. The molecule has 7 heteroatoms. The minimum Gasteiger partial charge on any atom is -0.478 e. The van der Waals surface area contributed by atoms with Gasteiger partial charge in [0, 0.05) is 21.5 Å². The number of rotatable bonds is 6. The van der Waals surface area contributed by atoms with Crippen molar-refractivity contribution in [1.29, 1.82) is 0 Å². The average Bonchev–Trinajstić information content (AvgIpc) is 3.24. The third-order valence-electron chi connectivity index (χ3n) is 4.88. The number of anilines is 1. The van der Waals surface area contributed by atoms with Crippen molar-refractivity contribution < 1.29 is 14.3 Å². The number of nitrogens with one attached hydrogen (secondary N) is 2. The second-order valence-electron chi connectivity index (χ2n) is 7.56. The number of benzene rings is 3. The maximum Gasteiger partial charge on any atom is 0.267 e. The fourth-order valence-electron chi connectivity index (χ4n) is 3.13. The van der Waals surface area contributed by atoms with Gasteiger partial charge in [-0.05, 0) is 74.5 Å². The van der Waals surface area contributed by atoms with Gasteiger partial charge in [-0.25, -0.2) is 0 Å². The summed E-state index contributed by atoms with van der Waals surface area (Å²) >= 11 is 5.88. The number of fused-ring (bicyclic) bond motifs is 1. The fourth-order valence-corrected chi connectivity index (χ4v) is 3.26. The number of hydrogen-bond donors (Lipinski definition) is 2. The summed E-state index contributed by atoms with van der Waals surface area (Å²) in [6.45, 7) is 3.37. The summed E-state index contributed by atoms with van der Waals surface area (Å²) < 4.78 is 5.92. The summed E-state index contributed by atoms with van der Waals surface area (Å²) in [4.78, 5) is 25.5. The molecule has 0 fully saturated rings. The van der Waals surface area contributed by atoms with Crippen LogP contribution in [0, 0.1) is 0 Å². The van der Waals surface area contributed by atoms with E-state index in [9.17, 15) is 9.59 Å². The molecule has 0 unspecified atom stereocenters. The molecule has 4 rings (SSSR count). The van der Waals surface area contributed by atoms with E-state index in [0.717, 1.165) is 10.9 Å². The number of aromatic nitrogens is 2. The first-order chi connectivity index (χ1) is 14.8. The van der Waals surface area contributed by atoms with Crippen LogP contribution in [0.1, 0.15) is 29.8 Å². The number of aromatic amines is 1. The number of amides is 1.